The van der Waals surface area contributed by atoms with E-state index >= 15 is 0 Å². The van der Waals surface area contributed by atoms with Gasteiger partial charge < -0.3 is 5.73 Å². The number of aromatic nitrogens is 2. The fourth-order valence-electron chi connectivity index (χ4n) is 1.65. The largest absolute Gasteiger partial charge is 0.382 e. The van der Waals surface area contributed by atoms with Crippen molar-refractivity contribution in [1.29, 1.82) is 0 Å². The first-order chi connectivity index (χ1) is 8.19. The van der Waals surface area contributed by atoms with Crippen LogP contribution in [0.3, 0.4) is 0 Å². The molecule has 3 nitrogen and oxygen atoms in total. The number of fused-ring (bicyclic) bond motifs is 1. The number of hydrogen-bond acceptors (Lipinski definition) is 2. The summed E-state index contributed by atoms with van der Waals surface area (Å²) in [6.07, 6.45) is 5.54. The molecule has 0 saturated carbocycles. The van der Waals surface area contributed by atoms with Gasteiger partial charge in [0, 0.05) is 5.39 Å². The van der Waals surface area contributed by atoms with Gasteiger partial charge in [-0.2, -0.15) is 5.10 Å². The second-order valence-corrected chi connectivity index (χ2v) is 4.36. The molecule has 0 fully saturated rings. The lowest BCUT2D eigenvalue weighted by Crippen LogP contribution is -1.83. The summed E-state index contributed by atoms with van der Waals surface area (Å²) in [6.45, 7) is 6.50. The fourth-order valence-corrected chi connectivity index (χ4v) is 1.65. The predicted octanol–water partition coefficient (Wildman–Crippen LogP) is 4.04. The van der Waals surface area contributed by atoms with Gasteiger partial charge in [-0.3, -0.25) is 5.10 Å². The summed E-state index contributed by atoms with van der Waals surface area (Å²) >= 11 is 0. The third-order valence-electron chi connectivity index (χ3n) is 2.70. The summed E-state index contributed by atoms with van der Waals surface area (Å²) in [5.74, 6) is 0.573. The minimum atomic E-state index is 0.573. The Labute approximate surface area is 103 Å². The van der Waals surface area contributed by atoms with Crippen LogP contribution < -0.4 is 5.73 Å². The highest BCUT2D eigenvalue weighted by Crippen LogP contribution is 2.18. The summed E-state index contributed by atoms with van der Waals surface area (Å²) in [4.78, 5) is 0. The van der Waals surface area contributed by atoms with Crippen LogP contribution in [0.5, 0.6) is 0 Å². The van der Waals surface area contributed by atoms with Gasteiger partial charge in [0.2, 0.25) is 0 Å². The van der Waals surface area contributed by atoms with Crippen molar-refractivity contribution >= 4 is 16.7 Å². The van der Waals surface area contributed by atoms with E-state index in [1.165, 1.54) is 31.2 Å². The third kappa shape index (κ3) is 4.10. The topological polar surface area (TPSA) is 54.7 Å². The van der Waals surface area contributed by atoms with Gasteiger partial charge in [0.15, 0.2) is 5.82 Å². The van der Waals surface area contributed by atoms with Crippen LogP contribution in [0, 0.1) is 6.92 Å². The second-order valence-electron chi connectivity index (χ2n) is 4.36. The maximum Gasteiger partial charge on any atom is 0.153 e. The number of benzene rings is 1. The van der Waals surface area contributed by atoms with Crippen molar-refractivity contribution < 1.29 is 0 Å². The zero-order valence-corrected chi connectivity index (χ0v) is 11.1. The van der Waals surface area contributed by atoms with Crippen LogP contribution in [-0.2, 0) is 0 Å². The Balaban J connectivity index is 0.000000209. The number of nitrogens with one attached hydrogen (secondary N) is 1. The molecule has 0 spiro atoms. The molecule has 3 heteroatoms. The SMILES string of the molecule is CCCCCC.Cc1ccc2[nH]nc(N)c2c1. The summed E-state index contributed by atoms with van der Waals surface area (Å²) in [7, 11) is 0. The van der Waals surface area contributed by atoms with Gasteiger partial charge in [0.25, 0.3) is 0 Å². The molecule has 94 valence electrons. The molecule has 2 rings (SSSR count). The maximum atomic E-state index is 5.60. The highest BCUT2D eigenvalue weighted by molar-refractivity contribution is 5.88. The molecule has 2 aromatic rings. The molecule has 0 aliphatic carbocycles. The Morgan fingerprint density at radius 1 is 1.18 bits per heavy atom. The molecule has 0 saturated heterocycles. The normalized spacial score (nSPS) is 10.1. The van der Waals surface area contributed by atoms with E-state index in [0.29, 0.717) is 5.82 Å². The lowest BCUT2D eigenvalue weighted by molar-refractivity contribution is 0.702. The minimum absolute atomic E-state index is 0.573. The van der Waals surface area contributed by atoms with Crippen molar-refractivity contribution in [3.05, 3.63) is 23.8 Å². The van der Waals surface area contributed by atoms with Gasteiger partial charge in [-0.25, -0.2) is 0 Å². The van der Waals surface area contributed by atoms with E-state index in [1.807, 2.05) is 25.1 Å². The van der Waals surface area contributed by atoms with Crippen LogP contribution in [0.2, 0.25) is 0 Å². The van der Waals surface area contributed by atoms with Crippen LogP contribution in [0.4, 0.5) is 5.82 Å². The van der Waals surface area contributed by atoms with Gasteiger partial charge >= 0.3 is 0 Å². The van der Waals surface area contributed by atoms with E-state index in [-0.39, 0.29) is 0 Å². The lowest BCUT2D eigenvalue weighted by atomic mass is 10.2. The van der Waals surface area contributed by atoms with Gasteiger partial charge in [-0.05, 0) is 19.1 Å². The Hall–Kier alpha value is -1.51. The van der Waals surface area contributed by atoms with E-state index in [4.69, 9.17) is 5.73 Å². The van der Waals surface area contributed by atoms with Gasteiger partial charge in [-0.15, -0.1) is 0 Å². The van der Waals surface area contributed by atoms with E-state index in [1.54, 1.807) is 0 Å². The van der Waals surface area contributed by atoms with Crippen molar-refractivity contribution in [2.24, 2.45) is 0 Å². The zero-order chi connectivity index (χ0) is 12.7. The molecule has 0 amide bonds. The summed E-state index contributed by atoms with van der Waals surface area (Å²) in [5.41, 5.74) is 7.80. The molecule has 0 atom stereocenters. The quantitative estimate of drug-likeness (QED) is 0.786. The number of hydrogen-bond donors (Lipinski definition) is 2. The molecule has 1 aromatic heterocycles. The average Bonchev–Trinajstić information content (AvgIpc) is 2.69. The van der Waals surface area contributed by atoms with E-state index in [0.717, 1.165) is 10.9 Å². The van der Waals surface area contributed by atoms with Crippen molar-refractivity contribution in [3.8, 4) is 0 Å². The van der Waals surface area contributed by atoms with Crippen LogP contribution in [-0.4, -0.2) is 10.2 Å². The standard InChI is InChI=1S/C8H9N3.C6H14/c1-5-2-3-7-6(4-5)8(9)11-10-7;1-3-5-6-4-2/h2-4H,1H3,(H3,9,10,11);3-6H2,1-2H3. The predicted molar refractivity (Wildman–Crippen MR) is 75.1 cm³/mol. The molecule has 0 aliphatic heterocycles. The van der Waals surface area contributed by atoms with E-state index < -0.39 is 0 Å². The first-order valence-corrected chi connectivity index (χ1v) is 6.39. The van der Waals surface area contributed by atoms with Crippen LogP contribution in [0.15, 0.2) is 18.2 Å². The highest BCUT2D eigenvalue weighted by atomic mass is 15.1. The molecular weight excluding hydrogens is 210 g/mol. The van der Waals surface area contributed by atoms with Crippen molar-refractivity contribution in [2.45, 2.75) is 46.5 Å². The summed E-state index contributed by atoms with van der Waals surface area (Å²) in [5, 5.41) is 7.73. The number of aryl methyl sites for hydroxylation is 1. The van der Waals surface area contributed by atoms with E-state index in [9.17, 15) is 0 Å². The summed E-state index contributed by atoms with van der Waals surface area (Å²) < 4.78 is 0. The maximum absolute atomic E-state index is 5.60. The molecule has 3 N–H and O–H groups in total. The molecule has 0 bridgehead atoms. The van der Waals surface area contributed by atoms with Gasteiger partial charge in [0.1, 0.15) is 0 Å². The number of nitrogen functional groups attached to an aromatic ring is 1. The average molecular weight is 233 g/mol. The number of nitrogens with zero attached hydrogens (tertiary/aromatic N) is 1. The molecule has 1 heterocycles. The van der Waals surface area contributed by atoms with E-state index in [2.05, 4.69) is 24.0 Å². The molecule has 0 aliphatic rings. The highest BCUT2D eigenvalue weighted by Gasteiger charge is 1.99. The Bertz CT molecular complexity index is 442. The molecule has 17 heavy (non-hydrogen) atoms. The molecular formula is C14H23N3. The van der Waals surface area contributed by atoms with Crippen LogP contribution >= 0.6 is 0 Å². The van der Waals surface area contributed by atoms with Crippen LogP contribution in [0.1, 0.15) is 45.1 Å². The zero-order valence-electron chi connectivity index (χ0n) is 11.1. The summed E-state index contributed by atoms with van der Waals surface area (Å²) in [6, 6.07) is 6.03. The Morgan fingerprint density at radius 2 is 1.82 bits per heavy atom. The number of aromatic amines is 1. The first-order valence-electron chi connectivity index (χ1n) is 6.39. The minimum Gasteiger partial charge on any atom is -0.382 e. The fraction of sp³-hybridized carbons (Fsp3) is 0.500. The number of anilines is 1. The lowest BCUT2D eigenvalue weighted by Gasteiger charge is -1.91. The molecule has 0 radical (unpaired) electrons. The number of unbranched alkanes of at least 4 members (excludes halogenated alkanes) is 3. The van der Waals surface area contributed by atoms with Crippen molar-refractivity contribution in [1.82, 2.24) is 10.2 Å². The Kier molecular flexibility index (Phi) is 5.53. The van der Waals surface area contributed by atoms with Crippen molar-refractivity contribution in [2.75, 3.05) is 5.73 Å². The monoisotopic (exact) mass is 233 g/mol. The van der Waals surface area contributed by atoms with Crippen molar-refractivity contribution in [3.63, 3.8) is 0 Å². The number of rotatable bonds is 3. The number of H-pyrrole nitrogens is 1. The third-order valence-corrected chi connectivity index (χ3v) is 2.70. The number of nitrogens with two attached hydrogens (primary N) is 1. The first kappa shape index (κ1) is 13.6. The molecule has 1 aromatic carbocycles. The second kappa shape index (κ2) is 6.94. The molecule has 0 unspecified atom stereocenters. The Morgan fingerprint density at radius 3 is 2.41 bits per heavy atom. The van der Waals surface area contributed by atoms with Gasteiger partial charge in [0.05, 0.1) is 5.52 Å². The van der Waals surface area contributed by atoms with Crippen LogP contribution in [0.25, 0.3) is 10.9 Å². The van der Waals surface area contributed by atoms with Gasteiger partial charge in [-0.1, -0.05) is 51.2 Å². The smallest absolute Gasteiger partial charge is 0.153 e.